The van der Waals surface area contributed by atoms with Gasteiger partial charge in [-0.05, 0) is 33.8 Å². The van der Waals surface area contributed by atoms with Crippen molar-refractivity contribution in [2.45, 2.75) is 38.1 Å². The molecular weight excluding hydrogens is 342 g/mol. The van der Waals surface area contributed by atoms with E-state index in [-0.39, 0.29) is 10.2 Å². The van der Waals surface area contributed by atoms with Crippen LogP contribution in [0.2, 0.25) is 6.04 Å². The second-order valence-electron chi connectivity index (χ2n) is 4.49. The van der Waals surface area contributed by atoms with E-state index in [9.17, 15) is 4.79 Å². The summed E-state index contributed by atoms with van der Waals surface area (Å²) in [6.45, 7) is 13.2. The molecule has 1 atom stereocenters. The largest absolute Gasteiger partial charge is 0.502 e. The van der Waals surface area contributed by atoms with Crippen LogP contribution in [0.25, 0.3) is 0 Å². The molecule has 0 aliphatic rings. The fourth-order valence-corrected chi connectivity index (χ4v) is 5.87. The van der Waals surface area contributed by atoms with Crippen LogP contribution in [0, 0.1) is 0 Å². The molecule has 7 heteroatoms. The number of alkyl halides is 1. The molecule has 0 aromatic heterocycles. The summed E-state index contributed by atoms with van der Waals surface area (Å²) in [6, 6.07) is 0.576. The molecule has 0 rings (SSSR count). The van der Waals surface area contributed by atoms with Crippen LogP contribution in [-0.4, -0.2) is 45.4 Å². The van der Waals surface area contributed by atoms with Crippen LogP contribution in [-0.2, 0) is 18.1 Å². The second-order valence-corrected chi connectivity index (χ2v) is 8.99. The van der Waals surface area contributed by atoms with Gasteiger partial charge in [-0.15, -0.1) is 0 Å². The maximum atomic E-state index is 11.3. The average Bonchev–Trinajstić information content (AvgIpc) is 2.36. The standard InChI is InChI=1S/C13H26BrNO4Si/c1-6-12(16)15-10-13(5,14)11-20(17-7-2,18-8-3)19-9-4/h6H,1,7-11H2,2-5H3,(H,15,16). The third kappa shape index (κ3) is 7.54. The maximum Gasteiger partial charge on any atom is 0.502 e. The Kier molecular flexibility index (Phi) is 9.57. The molecule has 0 saturated heterocycles. The normalized spacial score (nSPS) is 14.7. The minimum atomic E-state index is -2.74. The molecule has 0 aliphatic heterocycles. The highest BCUT2D eigenvalue weighted by molar-refractivity contribution is 9.10. The van der Waals surface area contributed by atoms with Crippen LogP contribution < -0.4 is 5.32 Å². The highest BCUT2D eigenvalue weighted by Crippen LogP contribution is 2.30. The third-order valence-electron chi connectivity index (χ3n) is 2.49. The summed E-state index contributed by atoms with van der Waals surface area (Å²) in [5.74, 6) is -0.202. The van der Waals surface area contributed by atoms with E-state index in [0.717, 1.165) is 0 Å². The predicted molar refractivity (Wildman–Crippen MR) is 86.0 cm³/mol. The lowest BCUT2D eigenvalue weighted by Crippen LogP contribution is -2.52. The van der Waals surface area contributed by atoms with Crippen LogP contribution in [0.3, 0.4) is 0 Å². The summed E-state index contributed by atoms with van der Waals surface area (Å²) >= 11 is 3.63. The minimum Gasteiger partial charge on any atom is -0.374 e. The quantitative estimate of drug-likeness (QED) is 0.346. The number of hydrogen-bond acceptors (Lipinski definition) is 4. The zero-order valence-corrected chi connectivity index (χ0v) is 15.4. The predicted octanol–water partition coefficient (Wildman–Crippen LogP) is 2.49. The van der Waals surface area contributed by atoms with Gasteiger partial charge in [0, 0.05) is 36.7 Å². The third-order valence-corrected chi connectivity index (χ3v) is 6.97. The first-order valence-electron chi connectivity index (χ1n) is 6.85. The first-order chi connectivity index (χ1) is 9.34. The highest BCUT2D eigenvalue weighted by Gasteiger charge is 2.46. The van der Waals surface area contributed by atoms with Crippen molar-refractivity contribution >= 4 is 30.6 Å². The number of nitrogens with one attached hydrogen (secondary N) is 1. The van der Waals surface area contributed by atoms with Gasteiger partial charge in [-0.3, -0.25) is 4.79 Å². The van der Waals surface area contributed by atoms with Gasteiger partial charge in [-0.2, -0.15) is 0 Å². The summed E-state index contributed by atoms with van der Waals surface area (Å²) in [6.07, 6.45) is 1.25. The molecule has 0 aromatic rings. The molecule has 0 aromatic carbocycles. The van der Waals surface area contributed by atoms with Crippen molar-refractivity contribution in [3.63, 3.8) is 0 Å². The molecule has 0 bridgehead atoms. The molecule has 0 spiro atoms. The molecule has 20 heavy (non-hydrogen) atoms. The van der Waals surface area contributed by atoms with E-state index in [4.69, 9.17) is 13.3 Å². The van der Waals surface area contributed by atoms with Gasteiger partial charge in [0.2, 0.25) is 5.91 Å². The van der Waals surface area contributed by atoms with Crippen LogP contribution >= 0.6 is 15.9 Å². The van der Waals surface area contributed by atoms with Gasteiger partial charge >= 0.3 is 8.80 Å². The molecular formula is C13H26BrNO4Si. The summed E-state index contributed by atoms with van der Waals surface area (Å²) < 4.78 is 17.1. The Morgan fingerprint density at radius 1 is 1.25 bits per heavy atom. The molecule has 0 aliphatic carbocycles. The van der Waals surface area contributed by atoms with Gasteiger partial charge in [0.1, 0.15) is 0 Å². The SMILES string of the molecule is C=CC(=O)NCC(C)(Br)C[Si](OCC)(OCC)OCC. The number of halogens is 1. The number of carbonyl (C=O) groups excluding carboxylic acids is 1. The Balaban J connectivity index is 4.81. The van der Waals surface area contributed by atoms with Crippen LogP contribution in [0.1, 0.15) is 27.7 Å². The summed E-state index contributed by atoms with van der Waals surface area (Å²) in [4.78, 5) is 11.3. The molecule has 1 N–H and O–H groups in total. The van der Waals surface area contributed by atoms with Crippen molar-refractivity contribution in [1.29, 1.82) is 0 Å². The number of hydrogen-bond donors (Lipinski definition) is 1. The van der Waals surface area contributed by atoms with E-state index in [1.807, 2.05) is 27.7 Å². The fraction of sp³-hybridized carbons (Fsp3) is 0.769. The Hall–Kier alpha value is -0.213. The van der Waals surface area contributed by atoms with Gasteiger partial charge in [0.25, 0.3) is 0 Å². The lowest BCUT2D eigenvalue weighted by atomic mass is 10.2. The van der Waals surface area contributed by atoms with E-state index < -0.39 is 8.80 Å². The van der Waals surface area contributed by atoms with Crippen molar-refractivity contribution in [1.82, 2.24) is 5.32 Å². The minimum absolute atomic E-state index is 0.202. The zero-order chi connectivity index (χ0) is 15.6. The van der Waals surface area contributed by atoms with Crippen LogP contribution in [0.4, 0.5) is 0 Å². The Morgan fingerprint density at radius 3 is 2.05 bits per heavy atom. The van der Waals surface area contributed by atoms with Crippen molar-refractivity contribution in [3.05, 3.63) is 12.7 Å². The Labute approximate surface area is 131 Å². The van der Waals surface area contributed by atoms with Gasteiger partial charge < -0.3 is 18.6 Å². The maximum absolute atomic E-state index is 11.3. The number of carbonyl (C=O) groups is 1. The van der Waals surface area contributed by atoms with E-state index in [1.54, 1.807) is 0 Å². The Bertz CT molecular complexity index is 296. The van der Waals surface area contributed by atoms with Gasteiger partial charge in [-0.25, -0.2) is 0 Å². The molecule has 1 unspecified atom stereocenters. The van der Waals surface area contributed by atoms with Crippen molar-refractivity contribution in [3.8, 4) is 0 Å². The first kappa shape index (κ1) is 19.8. The van der Waals surface area contributed by atoms with Crippen LogP contribution in [0.15, 0.2) is 12.7 Å². The number of rotatable bonds is 11. The fourth-order valence-electron chi connectivity index (χ4n) is 1.80. The summed E-state index contributed by atoms with van der Waals surface area (Å²) in [7, 11) is -2.74. The van der Waals surface area contributed by atoms with E-state index >= 15 is 0 Å². The van der Waals surface area contributed by atoms with E-state index in [0.29, 0.717) is 32.4 Å². The second kappa shape index (κ2) is 9.67. The van der Waals surface area contributed by atoms with Crippen molar-refractivity contribution < 1.29 is 18.1 Å². The highest BCUT2D eigenvalue weighted by atomic mass is 79.9. The average molecular weight is 368 g/mol. The number of amides is 1. The van der Waals surface area contributed by atoms with Gasteiger partial charge in [0.15, 0.2) is 0 Å². The van der Waals surface area contributed by atoms with Gasteiger partial charge in [0.05, 0.1) is 0 Å². The molecule has 0 saturated carbocycles. The molecule has 0 heterocycles. The molecule has 1 amide bonds. The van der Waals surface area contributed by atoms with E-state index in [2.05, 4.69) is 27.8 Å². The first-order valence-corrected chi connectivity index (χ1v) is 9.58. The molecule has 5 nitrogen and oxygen atoms in total. The molecule has 0 fully saturated rings. The summed E-state index contributed by atoms with van der Waals surface area (Å²) in [5, 5.41) is 2.77. The smallest absolute Gasteiger partial charge is 0.374 e. The van der Waals surface area contributed by atoms with Crippen molar-refractivity contribution in [2.75, 3.05) is 26.4 Å². The molecule has 118 valence electrons. The molecule has 0 radical (unpaired) electrons. The van der Waals surface area contributed by atoms with Crippen molar-refractivity contribution in [2.24, 2.45) is 0 Å². The Morgan fingerprint density at radius 2 is 1.70 bits per heavy atom. The zero-order valence-electron chi connectivity index (χ0n) is 12.8. The van der Waals surface area contributed by atoms with E-state index in [1.165, 1.54) is 6.08 Å². The van der Waals surface area contributed by atoms with Gasteiger partial charge in [-0.1, -0.05) is 22.5 Å². The topological polar surface area (TPSA) is 56.8 Å². The summed E-state index contributed by atoms with van der Waals surface area (Å²) in [5.41, 5.74) is 0. The van der Waals surface area contributed by atoms with Crippen LogP contribution in [0.5, 0.6) is 0 Å². The monoisotopic (exact) mass is 367 g/mol. The lowest BCUT2D eigenvalue weighted by Gasteiger charge is -2.34. The lowest BCUT2D eigenvalue weighted by molar-refractivity contribution is -0.116.